The van der Waals surface area contributed by atoms with E-state index in [1.807, 2.05) is 0 Å². The number of nitrogens with one attached hydrogen (secondary N) is 1. The summed E-state index contributed by atoms with van der Waals surface area (Å²) in [5.74, 6) is 0.278. The Labute approximate surface area is 188 Å². The molecule has 1 heterocycles. The summed E-state index contributed by atoms with van der Waals surface area (Å²) in [4.78, 5) is 35.2. The zero-order chi connectivity index (χ0) is 23.6. The maximum absolute atomic E-state index is 12.3. The van der Waals surface area contributed by atoms with Gasteiger partial charge in [0.1, 0.15) is 17.9 Å². The predicted molar refractivity (Wildman–Crippen MR) is 121 cm³/mol. The van der Waals surface area contributed by atoms with E-state index in [0.29, 0.717) is 30.0 Å². The number of aromatic nitrogens is 1. The number of ether oxygens (including phenoxy) is 1. The number of unbranched alkanes of at least 4 members (excludes halogenated alkanes) is 4. The second-order valence-electron chi connectivity index (χ2n) is 8.67. The Morgan fingerprint density at radius 1 is 1.00 bits per heavy atom. The quantitative estimate of drug-likeness (QED) is 0.343. The lowest BCUT2D eigenvalue weighted by atomic mass is 10.0. The van der Waals surface area contributed by atoms with Gasteiger partial charge in [-0.25, -0.2) is 4.79 Å². The molecule has 32 heavy (non-hydrogen) atoms. The van der Waals surface area contributed by atoms with Crippen molar-refractivity contribution in [2.45, 2.75) is 71.3 Å². The SMILES string of the molecule is CC(C)(C)OC(=O)Nc1ccc(-c2cc(C(=O)CCCCCCCC(=O)CO)no2)cc1. The van der Waals surface area contributed by atoms with Crippen LogP contribution in [0, 0.1) is 0 Å². The average Bonchev–Trinajstić information content (AvgIpc) is 3.22. The maximum Gasteiger partial charge on any atom is 0.412 e. The number of hydrogen-bond donors (Lipinski definition) is 2. The highest BCUT2D eigenvalue weighted by Gasteiger charge is 2.17. The van der Waals surface area contributed by atoms with Crippen LogP contribution in [0.15, 0.2) is 34.9 Å². The Morgan fingerprint density at radius 2 is 1.62 bits per heavy atom. The van der Waals surface area contributed by atoms with E-state index >= 15 is 0 Å². The third-order valence-corrected chi connectivity index (χ3v) is 4.65. The summed E-state index contributed by atoms with van der Waals surface area (Å²) < 4.78 is 10.5. The molecular weight excluding hydrogens is 412 g/mol. The third-order valence-electron chi connectivity index (χ3n) is 4.65. The molecule has 0 bridgehead atoms. The first-order valence-corrected chi connectivity index (χ1v) is 10.9. The first-order chi connectivity index (χ1) is 15.2. The fourth-order valence-corrected chi connectivity index (χ4v) is 3.03. The smallest absolute Gasteiger partial charge is 0.412 e. The van der Waals surface area contributed by atoms with Gasteiger partial charge in [0, 0.05) is 30.2 Å². The summed E-state index contributed by atoms with van der Waals surface area (Å²) in [6.45, 7) is 5.00. The van der Waals surface area contributed by atoms with E-state index in [2.05, 4.69) is 10.5 Å². The van der Waals surface area contributed by atoms with E-state index in [1.54, 1.807) is 51.1 Å². The maximum atomic E-state index is 12.3. The molecule has 0 spiro atoms. The van der Waals surface area contributed by atoms with Gasteiger partial charge in [0.2, 0.25) is 0 Å². The summed E-state index contributed by atoms with van der Waals surface area (Å²) in [5, 5.41) is 15.2. The second-order valence-corrected chi connectivity index (χ2v) is 8.67. The van der Waals surface area contributed by atoms with Crippen molar-refractivity contribution in [2.24, 2.45) is 0 Å². The van der Waals surface area contributed by atoms with Crippen molar-refractivity contribution < 1.29 is 28.8 Å². The molecule has 0 aliphatic rings. The highest BCUT2D eigenvalue weighted by molar-refractivity contribution is 5.95. The van der Waals surface area contributed by atoms with Gasteiger partial charge in [0.25, 0.3) is 0 Å². The first kappa shape index (κ1) is 25.3. The van der Waals surface area contributed by atoms with Crippen LogP contribution in [0.4, 0.5) is 10.5 Å². The van der Waals surface area contributed by atoms with Gasteiger partial charge in [-0.05, 0) is 57.9 Å². The molecule has 1 amide bonds. The van der Waals surface area contributed by atoms with Gasteiger partial charge in [0.15, 0.2) is 17.3 Å². The Morgan fingerprint density at radius 3 is 2.25 bits per heavy atom. The van der Waals surface area contributed by atoms with Crippen LogP contribution in [0.1, 0.15) is 76.2 Å². The Bertz CT molecular complexity index is 896. The monoisotopic (exact) mass is 444 g/mol. The van der Waals surface area contributed by atoms with Crippen LogP contribution in [0.5, 0.6) is 0 Å². The lowest BCUT2D eigenvalue weighted by molar-refractivity contribution is -0.121. The summed E-state index contributed by atoms with van der Waals surface area (Å²) >= 11 is 0. The summed E-state index contributed by atoms with van der Waals surface area (Å²) in [6.07, 6.45) is 4.54. The fraction of sp³-hybridized carbons (Fsp3) is 0.500. The van der Waals surface area contributed by atoms with Crippen LogP contribution < -0.4 is 5.32 Å². The lowest BCUT2D eigenvalue weighted by Gasteiger charge is -2.19. The molecule has 8 heteroatoms. The molecule has 2 aromatic rings. The highest BCUT2D eigenvalue weighted by Crippen LogP contribution is 2.23. The average molecular weight is 445 g/mol. The zero-order valence-corrected chi connectivity index (χ0v) is 19.0. The topological polar surface area (TPSA) is 119 Å². The Hall–Kier alpha value is -3.00. The summed E-state index contributed by atoms with van der Waals surface area (Å²) in [5.41, 5.74) is 1.04. The van der Waals surface area contributed by atoms with E-state index in [4.69, 9.17) is 14.4 Å². The van der Waals surface area contributed by atoms with Crippen molar-refractivity contribution in [2.75, 3.05) is 11.9 Å². The van der Waals surface area contributed by atoms with Crippen molar-refractivity contribution in [3.05, 3.63) is 36.0 Å². The lowest BCUT2D eigenvalue weighted by Crippen LogP contribution is -2.27. The molecule has 0 radical (unpaired) electrons. The van der Waals surface area contributed by atoms with Gasteiger partial charge in [-0.2, -0.15) is 0 Å². The number of benzene rings is 1. The number of nitrogens with zero attached hydrogens (tertiary/aromatic N) is 1. The van der Waals surface area contributed by atoms with Crippen molar-refractivity contribution in [1.29, 1.82) is 0 Å². The standard InChI is InChI=1S/C24H32N2O6/c1-24(2,3)31-23(30)25-18-13-11-17(12-14-18)22-15-20(26-32-22)21(29)10-8-6-4-5-7-9-19(28)16-27/h11-15,27H,4-10,16H2,1-3H3,(H,25,30). The number of hydrogen-bond acceptors (Lipinski definition) is 7. The van der Waals surface area contributed by atoms with E-state index in [0.717, 1.165) is 37.7 Å². The van der Waals surface area contributed by atoms with Crippen LogP contribution >= 0.6 is 0 Å². The fourth-order valence-electron chi connectivity index (χ4n) is 3.03. The molecule has 2 N–H and O–H groups in total. The van der Waals surface area contributed by atoms with Gasteiger partial charge in [-0.15, -0.1) is 0 Å². The molecule has 0 atom stereocenters. The van der Waals surface area contributed by atoms with Gasteiger partial charge < -0.3 is 14.4 Å². The van der Waals surface area contributed by atoms with E-state index in [9.17, 15) is 14.4 Å². The number of anilines is 1. The van der Waals surface area contributed by atoms with Gasteiger partial charge in [-0.3, -0.25) is 14.9 Å². The van der Waals surface area contributed by atoms with Gasteiger partial charge in [0.05, 0.1) is 0 Å². The van der Waals surface area contributed by atoms with Crippen molar-refractivity contribution in [3.8, 4) is 11.3 Å². The Kier molecular flexibility index (Phi) is 9.59. The molecule has 0 aliphatic carbocycles. The summed E-state index contributed by atoms with van der Waals surface area (Å²) in [6, 6.07) is 8.60. The number of amides is 1. The minimum atomic E-state index is -0.576. The molecule has 0 fully saturated rings. The molecule has 0 unspecified atom stereocenters. The first-order valence-electron chi connectivity index (χ1n) is 10.9. The molecule has 0 saturated carbocycles. The minimum Gasteiger partial charge on any atom is -0.444 e. The number of carbonyl (C=O) groups excluding carboxylic acids is 3. The van der Waals surface area contributed by atoms with E-state index in [1.165, 1.54) is 0 Å². The van der Waals surface area contributed by atoms with E-state index in [-0.39, 0.29) is 18.2 Å². The normalized spacial score (nSPS) is 11.2. The molecule has 8 nitrogen and oxygen atoms in total. The van der Waals surface area contributed by atoms with Crippen LogP contribution in [0.2, 0.25) is 0 Å². The zero-order valence-electron chi connectivity index (χ0n) is 19.0. The van der Waals surface area contributed by atoms with Gasteiger partial charge in [-0.1, -0.05) is 24.4 Å². The van der Waals surface area contributed by atoms with Crippen LogP contribution in [-0.2, 0) is 9.53 Å². The molecule has 1 aromatic heterocycles. The second kappa shape index (κ2) is 12.1. The molecule has 0 aliphatic heterocycles. The molecule has 2 rings (SSSR count). The molecule has 174 valence electrons. The Balaban J connectivity index is 1.77. The van der Waals surface area contributed by atoms with Crippen LogP contribution in [0.25, 0.3) is 11.3 Å². The molecule has 0 saturated heterocycles. The molecule has 1 aromatic carbocycles. The largest absolute Gasteiger partial charge is 0.444 e. The van der Waals surface area contributed by atoms with Crippen molar-refractivity contribution in [1.82, 2.24) is 5.16 Å². The number of carbonyl (C=O) groups is 3. The van der Waals surface area contributed by atoms with Crippen molar-refractivity contribution >= 4 is 23.3 Å². The van der Waals surface area contributed by atoms with Crippen LogP contribution in [-0.4, -0.2) is 40.1 Å². The number of rotatable bonds is 12. The highest BCUT2D eigenvalue weighted by atomic mass is 16.6. The number of Topliss-reactive ketones (excluding diaryl/α,β-unsaturated/α-hetero) is 2. The third kappa shape index (κ3) is 9.01. The number of ketones is 2. The summed E-state index contributed by atoms with van der Waals surface area (Å²) in [7, 11) is 0. The van der Waals surface area contributed by atoms with Crippen molar-refractivity contribution in [3.63, 3.8) is 0 Å². The molecular formula is C24H32N2O6. The number of aliphatic hydroxyl groups is 1. The van der Waals surface area contributed by atoms with Gasteiger partial charge >= 0.3 is 6.09 Å². The van der Waals surface area contributed by atoms with E-state index < -0.39 is 11.7 Å². The minimum absolute atomic E-state index is 0.0707. The number of aliphatic hydroxyl groups excluding tert-OH is 1. The van der Waals surface area contributed by atoms with Crippen LogP contribution in [0.3, 0.4) is 0 Å². The predicted octanol–water partition coefficient (Wildman–Crippen LogP) is 5.16.